The minimum absolute atomic E-state index is 0.0966. The molecule has 1 saturated carbocycles. The van der Waals surface area contributed by atoms with Gasteiger partial charge in [-0.25, -0.2) is 0 Å². The molecule has 0 aromatic heterocycles. The zero-order valence-electron chi connectivity index (χ0n) is 19.3. The van der Waals surface area contributed by atoms with Crippen LogP contribution in [0.1, 0.15) is 50.2 Å². The van der Waals surface area contributed by atoms with Crippen LogP contribution in [0.25, 0.3) is 0 Å². The first-order valence-corrected chi connectivity index (χ1v) is 12.5. The molecule has 1 unspecified atom stereocenters. The molecule has 3 heterocycles. The van der Waals surface area contributed by atoms with Gasteiger partial charge in [0, 0.05) is 36.6 Å². The highest BCUT2D eigenvalue weighted by Crippen LogP contribution is 2.55. The molecular weight excluding hydrogens is 388 g/mol. The van der Waals surface area contributed by atoms with Crippen molar-refractivity contribution >= 4 is 0 Å². The van der Waals surface area contributed by atoms with Crippen molar-refractivity contribution in [1.82, 2.24) is 9.80 Å². The predicted octanol–water partition coefficient (Wildman–Crippen LogP) is 3.24. The summed E-state index contributed by atoms with van der Waals surface area (Å²) in [4.78, 5) is 5.49. The van der Waals surface area contributed by atoms with Crippen LogP contribution in [0.15, 0.2) is 18.2 Å². The first kappa shape index (κ1) is 20.5. The van der Waals surface area contributed by atoms with Gasteiger partial charge in [0.05, 0.1) is 33.0 Å². The number of piperidine rings is 1. The fraction of sp³-hybridized carbons (Fsp3) is 0.769. The van der Waals surface area contributed by atoms with Crippen LogP contribution in [0.2, 0.25) is 0 Å². The lowest BCUT2D eigenvalue weighted by atomic mass is 9.55. The fourth-order valence-corrected chi connectivity index (χ4v) is 7.27. The largest absolute Gasteiger partial charge is 0.497 e. The Balaban J connectivity index is 1.41. The molecule has 170 valence electrons. The van der Waals surface area contributed by atoms with Gasteiger partial charge in [0.1, 0.15) is 5.75 Å². The number of morpholine rings is 1. The van der Waals surface area contributed by atoms with Gasteiger partial charge in [-0.1, -0.05) is 13.0 Å². The van der Waals surface area contributed by atoms with Crippen molar-refractivity contribution in [1.29, 1.82) is 0 Å². The summed E-state index contributed by atoms with van der Waals surface area (Å²) in [5.41, 5.74) is 3.26. The highest BCUT2D eigenvalue weighted by molar-refractivity contribution is 5.47. The minimum Gasteiger partial charge on any atom is -0.497 e. The molecule has 2 aliphatic carbocycles. The zero-order valence-corrected chi connectivity index (χ0v) is 19.3. The van der Waals surface area contributed by atoms with Gasteiger partial charge < -0.3 is 14.2 Å². The maximum Gasteiger partial charge on any atom is 0.119 e. The van der Waals surface area contributed by atoms with Crippen LogP contribution in [0.4, 0.5) is 0 Å². The Labute approximate surface area is 187 Å². The number of hydrogen-bond acceptors (Lipinski definition) is 5. The monoisotopic (exact) mass is 426 g/mol. The molecule has 0 radical (unpaired) electrons. The molecular formula is C26H38N2O3. The second kappa shape index (κ2) is 7.72. The average Bonchev–Trinajstić information content (AvgIpc) is 3.65. The third kappa shape index (κ3) is 3.26. The second-order valence-corrected chi connectivity index (χ2v) is 10.7. The van der Waals surface area contributed by atoms with E-state index in [-0.39, 0.29) is 11.0 Å². The Morgan fingerprint density at radius 3 is 2.74 bits per heavy atom. The summed E-state index contributed by atoms with van der Waals surface area (Å²) < 4.78 is 18.4. The molecule has 6 rings (SSSR count). The van der Waals surface area contributed by atoms with Crippen LogP contribution in [0.3, 0.4) is 0 Å². The van der Waals surface area contributed by atoms with E-state index >= 15 is 0 Å². The Bertz CT molecular complexity index is 821. The van der Waals surface area contributed by atoms with Gasteiger partial charge in [0.2, 0.25) is 0 Å². The molecule has 3 saturated heterocycles. The first-order valence-electron chi connectivity index (χ1n) is 12.5. The van der Waals surface area contributed by atoms with Crippen LogP contribution in [-0.2, 0) is 21.3 Å². The van der Waals surface area contributed by atoms with E-state index in [1.54, 1.807) is 7.11 Å². The molecule has 0 amide bonds. The second-order valence-electron chi connectivity index (χ2n) is 10.7. The van der Waals surface area contributed by atoms with E-state index in [1.807, 2.05) is 0 Å². The molecule has 1 aromatic carbocycles. The van der Waals surface area contributed by atoms with Crippen LogP contribution >= 0.6 is 0 Å². The van der Waals surface area contributed by atoms with Gasteiger partial charge >= 0.3 is 0 Å². The lowest BCUT2D eigenvalue weighted by molar-refractivity contribution is -0.189. The molecule has 4 fully saturated rings. The summed E-state index contributed by atoms with van der Waals surface area (Å²) in [5, 5.41) is 0. The topological polar surface area (TPSA) is 34.2 Å². The highest BCUT2D eigenvalue weighted by atomic mass is 16.5. The summed E-state index contributed by atoms with van der Waals surface area (Å²) in [6, 6.07) is 7.38. The molecule has 5 heteroatoms. The molecule has 4 atom stereocenters. The van der Waals surface area contributed by atoms with Crippen molar-refractivity contribution in [2.75, 3.05) is 53.1 Å². The van der Waals surface area contributed by atoms with E-state index in [0.29, 0.717) is 12.1 Å². The Morgan fingerprint density at radius 2 is 2.00 bits per heavy atom. The van der Waals surface area contributed by atoms with Crippen LogP contribution in [0.5, 0.6) is 5.75 Å². The minimum atomic E-state index is 0.0966. The van der Waals surface area contributed by atoms with E-state index in [0.717, 1.165) is 57.4 Å². The highest BCUT2D eigenvalue weighted by Gasteiger charge is 2.61. The van der Waals surface area contributed by atoms with Crippen molar-refractivity contribution in [3.05, 3.63) is 29.3 Å². The molecule has 3 aliphatic heterocycles. The van der Waals surface area contributed by atoms with Crippen LogP contribution in [0, 0.1) is 5.92 Å². The SMILES string of the molecule is CC[C@@]1(N2CCOCC2)COC2[C@H]3Cc4ccc(OC)cc4[C@@]2(CCN3CC2CC2)C1. The Hall–Kier alpha value is -1.14. The molecule has 0 N–H and O–H groups in total. The van der Waals surface area contributed by atoms with E-state index < -0.39 is 0 Å². The lowest BCUT2D eigenvalue weighted by Crippen LogP contribution is -2.72. The standard InChI is InChI=1S/C26H38N2O3/c1-3-25(28-10-12-30-13-11-28)17-26-8-9-27(16-19-4-5-19)23(24(26)31-18-25)14-20-6-7-21(29-2)15-22(20)26/h6-7,15,19,23-24H,3-5,8-14,16-18H2,1-2H3/t23-,24?,25+,26-/m1/s1. The number of ether oxygens (including phenoxy) is 3. The lowest BCUT2D eigenvalue weighted by Gasteiger charge is -2.63. The van der Waals surface area contributed by atoms with Gasteiger partial charge in [-0.05, 0) is 74.2 Å². The molecule has 31 heavy (non-hydrogen) atoms. The van der Waals surface area contributed by atoms with Crippen LogP contribution < -0.4 is 4.74 Å². The number of methoxy groups -OCH3 is 1. The van der Waals surface area contributed by atoms with E-state index in [9.17, 15) is 0 Å². The summed E-state index contributed by atoms with van der Waals surface area (Å²) in [5.74, 6) is 1.92. The Kier molecular flexibility index (Phi) is 5.10. The van der Waals surface area contributed by atoms with Gasteiger partial charge in [0.25, 0.3) is 0 Å². The third-order valence-electron chi connectivity index (χ3n) is 9.20. The maximum atomic E-state index is 7.00. The van der Waals surface area contributed by atoms with E-state index in [2.05, 4.69) is 34.9 Å². The van der Waals surface area contributed by atoms with Gasteiger partial charge in [0.15, 0.2) is 0 Å². The average molecular weight is 427 g/mol. The van der Waals surface area contributed by atoms with Crippen molar-refractivity contribution in [3.63, 3.8) is 0 Å². The predicted molar refractivity (Wildman–Crippen MR) is 121 cm³/mol. The van der Waals surface area contributed by atoms with Crippen molar-refractivity contribution in [2.24, 2.45) is 5.92 Å². The smallest absolute Gasteiger partial charge is 0.119 e. The van der Waals surface area contributed by atoms with Gasteiger partial charge in [-0.15, -0.1) is 0 Å². The molecule has 1 aromatic rings. The number of likely N-dealkylation sites (tertiary alicyclic amines) is 1. The van der Waals surface area contributed by atoms with E-state index in [1.165, 1.54) is 49.9 Å². The molecule has 5 nitrogen and oxygen atoms in total. The number of nitrogens with zero attached hydrogens (tertiary/aromatic N) is 2. The summed E-state index contributed by atoms with van der Waals surface area (Å²) in [6.45, 7) is 9.46. The van der Waals surface area contributed by atoms with Crippen molar-refractivity contribution in [2.45, 2.75) is 68.5 Å². The molecule has 2 bridgehead atoms. The summed E-state index contributed by atoms with van der Waals surface area (Å²) >= 11 is 0. The summed E-state index contributed by atoms with van der Waals surface area (Å²) in [7, 11) is 1.79. The summed E-state index contributed by atoms with van der Waals surface area (Å²) in [6.07, 6.45) is 7.81. The Morgan fingerprint density at radius 1 is 1.16 bits per heavy atom. The third-order valence-corrected chi connectivity index (χ3v) is 9.20. The van der Waals surface area contributed by atoms with Gasteiger partial charge in [-0.2, -0.15) is 0 Å². The zero-order chi connectivity index (χ0) is 21.1. The first-order chi connectivity index (χ1) is 15.2. The molecule has 5 aliphatic rings. The maximum absolute atomic E-state index is 7.00. The number of fused-ring (bicyclic) bond motifs is 1. The fourth-order valence-electron chi connectivity index (χ4n) is 7.27. The van der Waals surface area contributed by atoms with Crippen molar-refractivity contribution < 1.29 is 14.2 Å². The molecule has 0 spiro atoms. The number of rotatable bonds is 5. The number of benzene rings is 1. The normalized spacial score (nSPS) is 38.4. The van der Waals surface area contributed by atoms with Gasteiger partial charge in [-0.3, -0.25) is 9.80 Å². The van der Waals surface area contributed by atoms with Crippen molar-refractivity contribution in [3.8, 4) is 5.75 Å². The quantitative estimate of drug-likeness (QED) is 0.722. The number of hydrogen-bond donors (Lipinski definition) is 0. The van der Waals surface area contributed by atoms with Crippen LogP contribution in [-0.4, -0.2) is 80.6 Å². The van der Waals surface area contributed by atoms with E-state index in [4.69, 9.17) is 14.2 Å².